The highest BCUT2D eigenvalue weighted by atomic mass is 16.1. The van der Waals surface area contributed by atoms with E-state index in [1.54, 1.807) is 0 Å². The lowest BCUT2D eigenvalue weighted by atomic mass is 9.86. The fourth-order valence-corrected chi connectivity index (χ4v) is 4.41. The fraction of sp³-hybridized carbons (Fsp3) is 0.321. The van der Waals surface area contributed by atoms with Gasteiger partial charge in [-0.05, 0) is 70.7 Å². The smallest absolute Gasteiger partial charge is 0.255 e. The summed E-state index contributed by atoms with van der Waals surface area (Å²) in [5, 5.41) is 3.03. The minimum Gasteiger partial charge on any atom is -0.322 e. The Bertz CT molecular complexity index is 1000. The van der Waals surface area contributed by atoms with Crippen molar-refractivity contribution in [1.82, 2.24) is 0 Å². The van der Waals surface area contributed by atoms with Gasteiger partial charge < -0.3 is 5.32 Å². The predicted molar refractivity (Wildman–Crippen MR) is 126 cm³/mol. The van der Waals surface area contributed by atoms with Crippen LogP contribution in [0.1, 0.15) is 73.9 Å². The quantitative estimate of drug-likeness (QED) is 0.483. The molecule has 1 aliphatic rings. The van der Waals surface area contributed by atoms with Gasteiger partial charge in [-0.1, -0.05) is 82.1 Å². The lowest BCUT2D eigenvalue weighted by Gasteiger charge is -2.19. The fourth-order valence-electron chi connectivity index (χ4n) is 4.41. The van der Waals surface area contributed by atoms with Crippen LogP contribution in [-0.2, 0) is 5.41 Å². The number of nitrogens with one attached hydrogen (secondary N) is 1. The number of anilines is 1. The first kappa shape index (κ1) is 20.4. The van der Waals surface area contributed by atoms with Crippen molar-refractivity contribution in [2.45, 2.75) is 57.8 Å². The summed E-state index contributed by atoms with van der Waals surface area (Å²) in [5.41, 5.74) is 6.81. The summed E-state index contributed by atoms with van der Waals surface area (Å²) in [4.78, 5) is 12.6. The highest BCUT2D eigenvalue weighted by Crippen LogP contribution is 2.39. The molecule has 154 valence electrons. The molecule has 3 aromatic carbocycles. The maximum absolute atomic E-state index is 12.6. The van der Waals surface area contributed by atoms with Gasteiger partial charge in [-0.15, -0.1) is 0 Å². The van der Waals surface area contributed by atoms with Crippen LogP contribution < -0.4 is 5.32 Å². The van der Waals surface area contributed by atoms with Crippen LogP contribution in [0.3, 0.4) is 0 Å². The highest BCUT2D eigenvalue weighted by Gasteiger charge is 2.20. The highest BCUT2D eigenvalue weighted by molar-refractivity contribution is 6.04. The summed E-state index contributed by atoms with van der Waals surface area (Å²) in [5.74, 6) is 0.603. The molecule has 0 atom stereocenters. The van der Waals surface area contributed by atoms with E-state index in [4.69, 9.17) is 0 Å². The Balaban J connectivity index is 1.49. The van der Waals surface area contributed by atoms with Crippen LogP contribution in [-0.4, -0.2) is 5.91 Å². The molecule has 1 aliphatic carbocycles. The molecule has 1 N–H and O–H groups in total. The van der Waals surface area contributed by atoms with E-state index in [0.717, 1.165) is 5.69 Å². The Labute approximate surface area is 180 Å². The SMILES string of the molecule is CC(C)(C)c1ccc(C(=O)Nc2ccc(-c3ccccc3C3CCCC3)cc2)cc1. The van der Waals surface area contributed by atoms with Crippen LogP contribution in [0.4, 0.5) is 5.69 Å². The number of hydrogen-bond donors (Lipinski definition) is 1. The third kappa shape index (κ3) is 4.48. The molecular weight excluding hydrogens is 366 g/mol. The molecule has 3 aromatic rings. The molecule has 1 saturated carbocycles. The molecule has 0 aliphatic heterocycles. The topological polar surface area (TPSA) is 29.1 Å². The van der Waals surface area contributed by atoms with Crippen molar-refractivity contribution in [1.29, 1.82) is 0 Å². The van der Waals surface area contributed by atoms with Gasteiger partial charge in [0.2, 0.25) is 0 Å². The molecule has 0 heterocycles. The van der Waals surface area contributed by atoms with Crippen molar-refractivity contribution in [3.05, 3.63) is 89.5 Å². The summed E-state index contributed by atoms with van der Waals surface area (Å²) in [6, 6.07) is 24.9. The molecule has 0 radical (unpaired) electrons. The molecular formula is C28H31NO. The van der Waals surface area contributed by atoms with E-state index in [0.29, 0.717) is 11.5 Å². The predicted octanol–water partition coefficient (Wildman–Crippen LogP) is 7.56. The largest absolute Gasteiger partial charge is 0.322 e. The summed E-state index contributed by atoms with van der Waals surface area (Å²) >= 11 is 0. The Morgan fingerprint density at radius 3 is 2.10 bits per heavy atom. The minimum atomic E-state index is -0.0745. The maximum Gasteiger partial charge on any atom is 0.255 e. The van der Waals surface area contributed by atoms with Gasteiger partial charge in [0.25, 0.3) is 5.91 Å². The van der Waals surface area contributed by atoms with Gasteiger partial charge in [-0.25, -0.2) is 0 Å². The lowest BCUT2D eigenvalue weighted by Crippen LogP contribution is -2.14. The van der Waals surface area contributed by atoms with Crippen LogP contribution in [0.25, 0.3) is 11.1 Å². The molecule has 1 amide bonds. The first-order chi connectivity index (χ1) is 14.4. The Morgan fingerprint density at radius 2 is 1.47 bits per heavy atom. The van der Waals surface area contributed by atoms with E-state index >= 15 is 0 Å². The van der Waals surface area contributed by atoms with Gasteiger partial charge in [0.1, 0.15) is 0 Å². The van der Waals surface area contributed by atoms with Crippen LogP contribution in [0, 0.1) is 0 Å². The summed E-state index contributed by atoms with van der Waals surface area (Å²) in [6.45, 7) is 6.53. The van der Waals surface area contributed by atoms with E-state index in [-0.39, 0.29) is 11.3 Å². The van der Waals surface area contributed by atoms with Crippen molar-refractivity contribution in [3.8, 4) is 11.1 Å². The van der Waals surface area contributed by atoms with Crippen molar-refractivity contribution in [3.63, 3.8) is 0 Å². The van der Waals surface area contributed by atoms with Crippen LogP contribution in [0.15, 0.2) is 72.8 Å². The molecule has 0 unspecified atom stereocenters. The minimum absolute atomic E-state index is 0.0745. The maximum atomic E-state index is 12.6. The van der Waals surface area contributed by atoms with Crippen LogP contribution in [0.5, 0.6) is 0 Å². The van der Waals surface area contributed by atoms with Crippen molar-refractivity contribution >= 4 is 11.6 Å². The van der Waals surface area contributed by atoms with E-state index in [9.17, 15) is 4.79 Å². The Hall–Kier alpha value is -2.87. The Kier molecular flexibility index (Phi) is 5.76. The number of benzene rings is 3. The van der Waals surface area contributed by atoms with Gasteiger partial charge in [-0.3, -0.25) is 4.79 Å². The van der Waals surface area contributed by atoms with Crippen LogP contribution >= 0.6 is 0 Å². The molecule has 30 heavy (non-hydrogen) atoms. The number of rotatable bonds is 4. The third-order valence-electron chi connectivity index (χ3n) is 6.22. The van der Waals surface area contributed by atoms with Crippen molar-refractivity contribution in [2.75, 3.05) is 5.32 Å². The average Bonchev–Trinajstić information content (AvgIpc) is 3.29. The molecule has 0 bridgehead atoms. The van der Waals surface area contributed by atoms with Gasteiger partial charge in [-0.2, -0.15) is 0 Å². The molecule has 4 rings (SSSR count). The van der Waals surface area contributed by atoms with E-state index in [1.807, 2.05) is 36.4 Å². The van der Waals surface area contributed by atoms with Gasteiger partial charge >= 0.3 is 0 Å². The zero-order chi connectivity index (χ0) is 21.1. The zero-order valence-electron chi connectivity index (χ0n) is 18.2. The number of hydrogen-bond acceptors (Lipinski definition) is 1. The monoisotopic (exact) mass is 397 g/mol. The van der Waals surface area contributed by atoms with Gasteiger partial charge in [0.15, 0.2) is 0 Å². The first-order valence-corrected chi connectivity index (χ1v) is 11.0. The van der Waals surface area contributed by atoms with Crippen molar-refractivity contribution < 1.29 is 4.79 Å². The lowest BCUT2D eigenvalue weighted by molar-refractivity contribution is 0.102. The molecule has 2 heteroatoms. The zero-order valence-corrected chi connectivity index (χ0v) is 18.2. The second kappa shape index (κ2) is 8.47. The van der Waals surface area contributed by atoms with Crippen LogP contribution in [0.2, 0.25) is 0 Å². The van der Waals surface area contributed by atoms with E-state index in [2.05, 4.69) is 62.5 Å². The number of carbonyl (C=O) groups is 1. The summed E-state index contributed by atoms with van der Waals surface area (Å²) in [7, 11) is 0. The van der Waals surface area contributed by atoms with Crippen molar-refractivity contribution in [2.24, 2.45) is 0 Å². The van der Waals surface area contributed by atoms with E-state index in [1.165, 1.54) is 47.9 Å². The molecule has 0 saturated heterocycles. The molecule has 0 aromatic heterocycles. The average molecular weight is 398 g/mol. The van der Waals surface area contributed by atoms with Gasteiger partial charge in [0, 0.05) is 11.3 Å². The second-order valence-corrected chi connectivity index (χ2v) is 9.43. The first-order valence-electron chi connectivity index (χ1n) is 11.0. The third-order valence-corrected chi connectivity index (χ3v) is 6.22. The second-order valence-electron chi connectivity index (χ2n) is 9.43. The molecule has 2 nitrogen and oxygen atoms in total. The van der Waals surface area contributed by atoms with E-state index < -0.39 is 0 Å². The normalized spacial score (nSPS) is 14.6. The molecule has 0 spiro atoms. The summed E-state index contributed by atoms with van der Waals surface area (Å²) in [6.07, 6.45) is 5.25. The van der Waals surface area contributed by atoms with Gasteiger partial charge in [0.05, 0.1) is 0 Å². The number of amides is 1. The Morgan fingerprint density at radius 1 is 0.833 bits per heavy atom. The standard InChI is InChI=1S/C28H31NO/c1-28(2,3)23-16-12-22(13-17-23)27(30)29-24-18-14-21(15-19-24)26-11-7-6-10-25(26)20-8-4-5-9-20/h6-7,10-20H,4-5,8-9H2,1-3H3,(H,29,30). The number of carbonyl (C=O) groups excluding carboxylic acids is 1. The summed E-state index contributed by atoms with van der Waals surface area (Å²) < 4.78 is 0. The molecule has 1 fully saturated rings.